The van der Waals surface area contributed by atoms with Crippen molar-refractivity contribution >= 4 is 70.4 Å². The van der Waals surface area contributed by atoms with E-state index in [1.165, 1.54) is 80.9 Å². The van der Waals surface area contributed by atoms with Gasteiger partial charge in [0.25, 0.3) is 0 Å². The molecule has 2 heterocycles. The molecule has 0 spiro atoms. The largest absolute Gasteiger partial charge is 0.309 e. The molecule has 12 aromatic rings. The third-order valence-corrected chi connectivity index (χ3v) is 13.6. The summed E-state index contributed by atoms with van der Waals surface area (Å²) in [5.74, 6) is 0. The van der Waals surface area contributed by atoms with Gasteiger partial charge in [0.15, 0.2) is 0 Å². The molecule has 12 rings (SSSR count). The minimum Gasteiger partial charge on any atom is -0.309 e. The SMILES string of the molecule is c1ccc(-c2ccccc2-c2ccccc2-c2ccccc2N(c2ccc(-c3cccc4c5ccccc5n(-c5ccccc5)c34)cc2)c2cccc3c2sc2ccccc23)cc1. The van der Waals surface area contributed by atoms with Gasteiger partial charge < -0.3 is 9.47 Å². The maximum Gasteiger partial charge on any atom is 0.0640 e. The standard InChI is InChI=1S/C60H40N2S/c1-3-19-41(20-4-1)45-23-7-8-24-47(45)48-25-9-10-26-49(48)50-27-11-14-33-55(50)61(57-35-18-32-54-52-29-13-16-36-58(52)63-60(54)57)44-39-37-42(38-40-44)46-30-17-31-53-51-28-12-15-34-56(51)62(59(46)53)43-21-5-2-6-22-43/h1-40H. The molecule has 0 aliphatic carbocycles. The lowest BCUT2D eigenvalue weighted by Gasteiger charge is -2.29. The molecule has 0 saturated carbocycles. The van der Waals surface area contributed by atoms with Crippen LogP contribution in [0.5, 0.6) is 0 Å². The Labute approximate surface area is 370 Å². The van der Waals surface area contributed by atoms with Crippen molar-refractivity contribution in [3.8, 4) is 50.2 Å². The third kappa shape index (κ3) is 6.24. The van der Waals surface area contributed by atoms with Crippen molar-refractivity contribution in [2.24, 2.45) is 0 Å². The predicted molar refractivity (Wildman–Crippen MR) is 270 cm³/mol. The Balaban J connectivity index is 1.07. The molecule has 63 heavy (non-hydrogen) atoms. The van der Waals surface area contributed by atoms with E-state index in [2.05, 4.69) is 252 Å². The second-order valence-electron chi connectivity index (χ2n) is 16.0. The Morgan fingerprint density at radius 3 is 1.60 bits per heavy atom. The second-order valence-corrected chi connectivity index (χ2v) is 17.1. The van der Waals surface area contributed by atoms with E-state index in [1.54, 1.807) is 0 Å². The molecule has 0 aliphatic rings. The molecule has 0 radical (unpaired) electrons. The van der Waals surface area contributed by atoms with Crippen LogP contribution in [0, 0.1) is 0 Å². The second kappa shape index (κ2) is 15.5. The van der Waals surface area contributed by atoms with Crippen LogP contribution < -0.4 is 4.90 Å². The Bertz CT molecular complexity index is 3620. The summed E-state index contributed by atoms with van der Waals surface area (Å²) in [6.07, 6.45) is 0. The van der Waals surface area contributed by atoms with E-state index >= 15 is 0 Å². The summed E-state index contributed by atoms with van der Waals surface area (Å²) in [5, 5.41) is 5.05. The summed E-state index contributed by atoms with van der Waals surface area (Å²) in [6.45, 7) is 0. The molecule has 0 unspecified atom stereocenters. The first-order valence-electron chi connectivity index (χ1n) is 21.5. The van der Waals surface area contributed by atoms with E-state index < -0.39 is 0 Å². The molecule has 2 aromatic heterocycles. The number of hydrogen-bond donors (Lipinski definition) is 0. The van der Waals surface area contributed by atoms with Crippen molar-refractivity contribution in [1.82, 2.24) is 4.57 Å². The molecule has 3 heteroatoms. The van der Waals surface area contributed by atoms with Gasteiger partial charge in [0.05, 0.1) is 27.1 Å². The van der Waals surface area contributed by atoms with Crippen molar-refractivity contribution in [2.75, 3.05) is 4.90 Å². The van der Waals surface area contributed by atoms with Gasteiger partial charge in [-0.1, -0.05) is 194 Å². The Hall–Kier alpha value is -7.98. The molecule has 296 valence electrons. The lowest BCUT2D eigenvalue weighted by molar-refractivity contribution is 1.18. The van der Waals surface area contributed by atoms with E-state index in [1.807, 2.05) is 11.3 Å². The highest BCUT2D eigenvalue weighted by molar-refractivity contribution is 7.26. The van der Waals surface area contributed by atoms with Gasteiger partial charge in [0.2, 0.25) is 0 Å². The van der Waals surface area contributed by atoms with Crippen LogP contribution in [0.3, 0.4) is 0 Å². The predicted octanol–water partition coefficient (Wildman–Crippen LogP) is 17.3. The number of benzene rings is 10. The zero-order chi connectivity index (χ0) is 41.7. The molecular formula is C60H40N2S. The Kier molecular flexibility index (Phi) is 9.06. The number of para-hydroxylation sites is 4. The van der Waals surface area contributed by atoms with Crippen LogP contribution >= 0.6 is 11.3 Å². The Morgan fingerprint density at radius 2 is 0.825 bits per heavy atom. The van der Waals surface area contributed by atoms with Gasteiger partial charge in [-0.3, -0.25) is 0 Å². The molecule has 2 nitrogen and oxygen atoms in total. The molecule has 0 aliphatic heterocycles. The first-order chi connectivity index (χ1) is 31.3. The lowest BCUT2D eigenvalue weighted by atomic mass is 9.88. The van der Waals surface area contributed by atoms with Crippen molar-refractivity contribution in [3.63, 3.8) is 0 Å². The summed E-state index contributed by atoms with van der Waals surface area (Å²) in [4.78, 5) is 2.48. The van der Waals surface area contributed by atoms with Gasteiger partial charge >= 0.3 is 0 Å². The van der Waals surface area contributed by atoms with Crippen molar-refractivity contribution in [1.29, 1.82) is 0 Å². The van der Waals surface area contributed by atoms with Crippen molar-refractivity contribution in [2.45, 2.75) is 0 Å². The number of thiophene rings is 1. The van der Waals surface area contributed by atoms with E-state index in [9.17, 15) is 0 Å². The zero-order valence-corrected chi connectivity index (χ0v) is 35.2. The number of hydrogen-bond acceptors (Lipinski definition) is 2. The number of nitrogens with zero attached hydrogens (tertiary/aromatic N) is 2. The Morgan fingerprint density at radius 1 is 0.317 bits per heavy atom. The van der Waals surface area contributed by atoms with Crippen LogP contribution in [-0.4, -0.2) is 4.57 Å². The summed E-state index contributed by atoms with van der Waals surface area (Å²) in [6, 6.07) is 88.3. The van der Waals surface area contributed by atoms with Crippen LogP contribution in [-0.2, 0) is 0 Å². The number of rotatable bonds is 8. The highest BCUT2D eigenvalue weighted by atomic mass is 32.1. The maximum atomic E-state index is 2.48. The van der Waals surface area contributed by atoms with Crippen LogP contribution in [0.1, 0.15) is 0 Å². The molecule has 0 saturated heterocycles. The van der Waals surface area contributed by atoms with E-state index in [0.717, 1.165) is 28.3 Å². The van der Waals surface area contributed by atoms with E-state index in [0.29, 0.717) is 0 Å². The summed E-state index contributed by atoms with van der Waals surface area (Å²) >= 11 is 1.87. The first-order valence-corrected chi connectivity index (χ1v) is 22.3. The van der Waals surface area contributed by atoms with Crippen molar-refractivity contribution in [3.05, 3.63) is 243 Å². The van der Waals surface area contributed by atoms with Crippen LogP contribution in [0.4, 0.5) is 17.1 Å². The number of anilines is 3. The number of aromatic nitrogens is 1. The van der Waals surface area contributed by atoms with Crippen LogP contribution in [0.2, 0.25) is 0 Å². The fourth-order valence-electron chi connectivity index (χ4n) is 9.64. The fourth-order valence-corrected chi connectivity index (χ4v) is 10.8. The molecule has 0 atom stereocenters. The topological polar surface area (TPSA) is 8.17 Å². The molecule has 0 bridgehead atoms. The van der Waals surface area contributed by atoms with E-state index in [4.69, 9.17) is 0 Å². The summed E-state index contributed by atoms with van der Waals surface area (Å²) in [7, 11) is 0. The normalized spacial score (nSPS) is 11.5. The summed E-state index contributed by atoms with van der Waals surface area (Å²) < 4.78 is 4.97. The quantitative estimate of drug-likeness (QED) is 0.148. The first kappa shape index (κ1) is 36.8. The molecule has 10 aromatic carbocycles. The van der Waals surface area contributed by atoms with E-state index in [-0.39, 0.29) is 0 Å². The monoisotopic (exact) mass is 820 g/mol. The van der Waals surface area contributed by atoms with Crippen molar-refractivity contribution < 1.29 is 0 Å². The van der Waals surface area contributed by atoms with Crippen LogP contribution in [0.25, 0.3) is 92.2 Å². The highest BCUT2D eigenvalue weighted by Crippen LogP contribution is 2.49. The smallest absolute Gasteiger partial charge is 0.0640 e. The van der Waals surface area contributed by atoms with Gasteiger partial charge in [0, 0.05) is 48.7 Å². The van der Waals surface area contributed by atoms with Crippen LogP contribution in [0.15, 0.2) is 243 Å². The molecule has 0 amide bonds. The molecular weight excluding hydrogens is 781 g/mol. The lowest BCUT2D eigenvalue weighted by Crippen LogP contribution is -2.11. The average Bonchev–Trinajstić information content (AvgIpc) is 3.92. The maximum absolute atomic E-state index is 2.48. The van der Waals surface area contributed by atoms with Gasteiger partial charge in [-0.25, -0.2) is 0 Å². The summed E-state index contributed by atoms with van der Waals surface area (Å²) in [5.41, 5.74) is 16.5. The average molecular weight is 821 g/mol. The third-order valence-electron chi connectivity index (χ3n) is 12.4. The highest BCUT2D eigenvalue weighted by Gasteiger charge is 2.23. The fraction of sp³-hybridized carbons (Fsp3) is 0. The zero-order valence-electron chi connectivity index (χ0n) is 34.4. The molecule has 0 N–H and O–H groups in total. The minimum atomic E-state index is 1.09. The molecule has 0 fully saturated rings. The van der Waals surface area contributed by atoms with Gasteiger partial charge in [-0.05, 0) is 81.9 Å². The van der Waals surface area contributed by atoms with Gasteiger partial charge in [-0.15, -0.1) is 11.3 Å². The van der Waals surface area contributed by atoms with Gasteiger partial charge in [0.1, 0.15) is 0 Å². The minimum absolute atomic E-state index is 1.09. The van der Waals surface area contributed by atoms with Gasteiger partial charge in [-0.2, -0.15) is 0 Å². The number of fused-ring (bicyclic) bond motifs is 6.